The van der Waals surface area contributed by atoms with Crippen LogP contribution in [0.1, 0.15) is 51.4 Å². The third kappa shape index (κ3) is 1.46. The van der Waals surface area contributed by atoms with Crippen LogP contribution in [-0.4, -0.2) is 14.7 Å². The van der Waals surface area contributed by atoms with Crippen LogP contribution in [0.25, 0.3) is 0 Å². The lowest BCUT2D eigenvalue weighted by Gasteiger charge is -2.24. The van der Waals surface area contributed by atoms with E-state index in [9.17, 15) is 5.11 Å². The molecule has 3 heteroatoms. The number of imidazole rings is 1. The third-order valence-corrected chi connectivity index (χ3v) is 3.07. The van der Waals surface area contributed by atoms with Crippen LogP contribution < -0.4 is 0 Å². The predicted molar refractivity (Wildman–Crippen MR) is 55.0 cm³/mol. The van der Waals surface area contributed by atoms with Crippen molar-refractivity contribution in [2.75, 3.05) is 0 Å². The van der Waals surface area contributed by atoms with Crippen molar-refractivity contribution < 1.29 is 5.11 Å². The van der Waals surface area contributed by atoms with Crippen molar-refractivity contribution in [1.29, 1.82) is 0 Å². The Labute approximate surface area is 84.8 Å². The summed E-state index contributed by atoms with van der Waals surface area (Å²) in [7, 11) is 0. The monoisotopic (exact) mass is 194 g/mol. The van der Waals surface area contributed by atoms with Crippen molar-refractivity contribution in [3.63, 3.8) is 0 Å². The lowest BCUT2D eigenvalue weighted by Crippen LogP contribution is -2.26. The van der Waals surface area contributed by atoms with E-state index in [-0.39, 0.29) is 0 Å². The third-order valence-electron chi connectivity index (χ3n) is 3.07. The van der Waals surface area contributed by atoms with E-state index in [1.807, 2.05) is 6.20 Å². The Hall–Kier alpha value is -0.830. The fraction of sp³-hybridized carbons (Fsp3) is 0.727. The van der Waals surface area contributed by atoms with Gasteiger partial charge < -0.3 is 9.67 Å². The summed E-state index contributed by atoms with van der Waals surface area (Å²) in [5, 5.41) is 10.4. The van der Waals surface area contributed by atoms with Crippen LogP contribution in [0, 0.1) is 0 Å². The minimum Gasteiger partial charge on any atom is -0.382 e. The average molecular weight is 194 g/mol. The van der Waals surface area contributed by atoms with Gasteiger partial charge in [0.1, 0.15) is 11.4 Å². The van der Waals surface area contributed by atoms with Crippen LogP contribution in [0.15, 0.2) is 12.4 Å². The summed E-state index contributed by atoms with van der Waals surface area (Å²) in [5.74, 6) is 0.852. The van der Waals surface area contributed by atoms with Gasteiger partial charge in [0, 0.05) is 18.4 Å². The first-order valence-electron chi connectivity index (χ1n) is 5.39. The molecule has 0 spiro atoms. The van der Waals surface area contributed by atoms with Crippen LogP contribution in [-0.2, 0) is 5.60 Å². The van der Waals surface area contributed by atoms with Gasteiger partial charge in [0.15, 0.2) is 0 Å². The first-order valence-corrected chi connectivity index (χ1v) is 5.39. The van der Waals surface area contributed by atoms with E-state index >= 15 is 0 Å². The van der Waals surface area contributed by atoms with Gasteiger partial charge in [-0.15, -0.1) is 0 Å². The lowest BCUT2D eigenvalue weighted by atomic mass is 10.0. The molecular formula is C11H18N2O. The van der Waals surface area contributed by atoms with Gasteiger partial charge >= 0.3 is 0 Å². The highest BCUT2D eigenvalue weighted by molar-refractivity contribution is 5.08. The van der Waals surface area contributed by atoms with Gasteiger partial charge in [0.2, 0.25) is 0 Å². The molecule has 3 nitrogen and oxygen atoms in total. The van der Waals surface area contributed by atoms with E-state index in [2.05, 4.69) is 23.4 Å². The number of aliphatic hydroxyl groups is 1. The molecule has 1 aliphatic carbocycles. The van der Waals surface area contributed by atoms with Crippen molar-refractivity contribution in [3.8, 4) is 0 Å². The largest absolute Gasteiger partial charge is 0.382 e. The van der Waals surface area contributed by atoms with E-state index in [1.165, 1.54) is 0 Å². The molecule has 0 atom stereocenters. The van der Waals surface area contributed by atoms with Gasteiger partial charge in [0.25, 0.3) is 0 Å². The topological polar surface area (TPSA) is 38.0 Å². The summed E-state index contributed by atoms with van der Waals surface area (Å²) in [6.07, 6.45) is 7.68. The molecule has 1 aromatic rings. The van der Waals surface area contributed by atoms with Crippen molar-refractivity contribution in [1.82, 2.24) is 9.55 Å². The quantitative estimate of drug-likeness (QED) is 0.784. The van der Waals surface area contributed by atoms with Crippen LogP contribution in [0.3, 0.4) is 0 Å². The number of hydrogen-bond donors (Lipinski definition) is 1. The molecule has 0 aliphatic heterocycles. The molecule has 1 N–H and O–H groups in total. The molecule has 1 saturated carbocycles. The van der Waals surface area contributed by atoms with Gasteiger partial charge in [-0.1, -0.05) is 0 Å². The Morgan fingerprint density at radius 3 is 2.64 bits per heavy atom. The fourth-order valence-corrected chi connectivity index (χ4v) is 2.27. The molecule has 1 fully saturated rings. The highest BCUT2D eigenvalue weighted by Gasteiger charge is 2.37. The van der Waals surface area contributed by atoms with E-state index in [1.54, 1.807) is 6.20 Å². The molecule has 0 unspecified atom stereocenters. The Bertz CT molecular complexity index is 311. The molecule has 14 heavy (non-hydrogen) atoms. The highest BCUT2D eigenvalue weighted by atomic mass is 16.3. The molecule has 1 aromatic heterocycles. The minimum absolute atomic E-state index is 0.372. The summed E-state index contributed by atoms with van der Waals surface area (Å²) in [6.45, 7) is 4.23. The molecule has 0 bridgehead atoms. The van der Waals surface area contributed by atoms with E-state index in [4.69, 9.17) is 0 Å². The molecule has 1 heterocycles. The first kappa shape index (κ1) is 9.71. The van der Waals surface area contributed by atoms with Gasteiger partial charge in [-0.25, -0.2) is 4.98 Å². The van der Waals surface area contributed by atoms with Gasteiger partial charge in [-0.2, -0.15) is 0 Å². The summed E-state index contributed by atoms with van der Waals surface area (Å²) in [6, 6.07) is 0.372. The number of aromatic nitrogens is 2. The lowest BCUT2D eigenvalue weighted by molar-refractivity contribution is 0.0305. The first-order chi connectivity index (χ1) is 6.63. The number of rotatable bonds is 2. The zero-order valence-electron chi connectivity index (χ0n) is 8.90. The second-order valence-electron chi connectivity index (χ2n) is 4.49. The molecule has 78 valence electrons. The van der Waals surface area contributed by atoms with Crippen molar-refractivity contribution in [2.45, 2.75) is 51.2 Å². The summed E-state index contributed by atoms with van der Waals surface area (Å²) < 4.78 is 2.07. The number of nitrogens with zero attached hydrogens (tertiary/aromatic N) is 2. The van der Waals surface area contributed by atoms with Crippen LogP contribution in [0.2, 0.25) is 0 Å². The maximum absolute atomic E-state index is 10.4. The van der Waals surface area contributed by atoms with E-state index in [0.717, 1.165) is 31.5 Å². The zero-order valence-corrected chi connectivity index (χ0v) is 8.90. The molecule has 2 rings (SSSR count). The molecular weight excluding hydrogens is 176 g/mol. The Morgan fingerprint density at radius 1 is 1.43 bits per heavy atom. The van der Waals surface area contributed by atoms with Crippen molar-refractivity contribution in [3.05, 3.63) is 18.2 Å². The van der Waals surface area contributed by atoms with E-state index < -0.39 is 5.60 Å². The van der Waals surface area contributed by atoms with E-state index in [0.29, 0.717) is 6.04 Å². The van der Waals surface area contributed by atoms with Gasteiger partial charge in [-0.3, -0.25) is 0 Å². The van der Waals surface area contributed by atoms with Gasteiger partial charge in [0.05, 0.1) is 0 Å². The summed E-state index contributed by atoms with van der Waals surface area (Å²) >= 11 is 0. The summed E-state index contributed by atoms with van der Waals surface area (Å²) in [4.78, 5) is 4.30. The molecule has 0 aromatic carbocycles. The zero-order chi connectivity index (χ0) is 10.2. The number of hydrogen-bond acceptors (Lipinski definition) is 2. The molecule has 0 amide bonds. The predicted octanol–water partition coefficient (Wildman–Crippen LogP) is 2.23. The normalized spacial score (nSPS) is 20.6. The Kier molecular flexibility index (Phi) is 2.35. The smallest absolute Gasteiger partial charge is 0.140 e. The molecule has 0 radical (unpaired) electrons. The Morgan fingerprint density at radius 2 is 2.07 bits per heavy atom. The van der Waals surface area contributed by atoms with Crippen LogP contribution in [0.4, 0.5) is 0 Å². The second-order valence-corrected chi connectivity index (χ2v) is 4.49. The van der Waals surface area contributed by atoms with Crippen molar-refractivity contribution in [2.24, 2.45) is 0 Å². The molecule has 0 saturated heterocycles. The van der Waals surface area contributed by atoms with Crippen LogP contribution >= 0.6 is 0 Å². The van der Waals surface area contributed by atoms with Gasteiger partial charge in [-0.05, 0) is 39.5 Å². The highest BCUT2D eigenvalue weighted by Crippen LogP contribution is 2.38. The van der Waals surface area contributed by atoms with Crippen LogP contribution in [0.5, 0.6) is 0 Å². The van der Waals surface area contributed by atoms with Crippen molar-refractivity contribution >= 4 is 0 Å². The fourth-order valence-electron chi connectivity index (χ4n) is 2.27. The average Bonchev–Trinajstić information content (AvgIpc) is 2.71. The SMILES string of the molecule is CC(C)n1ccnc1C1(O)CCCC1. The Balaban J connectivity index is 2.35. The molecule has 1 aliphatic rings. The minimum atomic E-state index is -0.659. The maximum Gasteiger partial charge on any atom is 0.140 e. The standard InChI is InChI=1S/C11H18N2O/c1-9(2)13-8-7-12-10(13)11(14)5-3-4-6-11/h7-9,14H,3-6H2,1-2H3. The summed E-state index contributed by atoms with van der Waals surface area (Å²) in [5.41, 5.74) is -0.659. The second kappa shape index (κ2) is 3.39. The maximum atomic E-state index is 10.4.